The third-order valence-corrected chi connectivity index (χ3v) is 4.59. The smallest absolute Gasteiger partial charge is 0.338 e. The average molecular weight is 396 g/mol. The molecule has 0 radical (unpaired) electrons. The minimum atomic E-state index is -0.459. The van der Waals surface area contributed by atoms with E-state index >= 15 is 0 Å². The summed E-state index contributed by atoms with van der Waals surface area (Å²) in [6, 6.07) is 13.7. The first-order valence-corrected chi connectivity index (χ1v) is 9.43. The summed E-state index contributed by atoms with van der Waals surface area (Å²) in [7, 11) is 1.56. The van der Waals surface area contributed by atoms with Crippen molar-refractivity contribution in [2.24, 2.45) is 5.92 Å². The van der Waals surface area contributed by atoms with Crippen LogP contribution in [-0.2, 0) is 14.3 Å². The third kappa shape index (κ3) is 4.93. The first-order valence-electron chi connectivity index (χ1n) is 9.43. The van der Waals surface area contributed by atoms with Crippen LogP contribution < -0.4 is 15.0 Å². The molecule has 2 aromatic rings. The Morgan fingerprint density at radius 2 is 1.86 bits per heavy atom. The van der Waals surface area contributed by atoms with Crippen molar-refractivity contribution in [2.75, 3.05) is 23.9 Å². The predicted octanol–water partition coefficient (Wildman–Crippen LogP) is 3.25. The van der Waals surface area contributed by atoms with Gasteiger partial charge >= 0.3 is 5.97 Å². The van der Waals surface area contributed by atoms with Gasteiger partial charge < -0.3 is 19.7 Å². The van der Waals surface area contributed by atoms with Crippen molar-refractivity contribution < 1.29 is 23.9 Å². The Morgan fingerprint density at radius 1 is 1.14 bits per heavy atom. The number of carbonyl (C=O) groups is 3. The maximum absolute atomic E-state index is 12.6. The van der Waals surface area contributed by atoms with E-state index in [9.17, 15) is 14.4 Å². The molecule has 2 aromatic carbocycles. The summed E-state index contributed by atoms with van der Waals surface area (Å²) < 4.78 is 10.3. The molecule has 0 aliphatic carbocycles. The van der Waals surface area contributed by atoms with E-state index < -0.39 is 11.9 Å². The molecule has 0 unspecified atom stereocenters. The van der Waals surface area contributed by atoms with Crippen LogP contribution in [0.2, 0.25) is 0 Å². The van der Waals surface area contributed by atoms with Crippen LogP contribution in [0.15, 0.2) is 48.5 Å². The van der Waals surface area contributed by atoms with Gasteiger partial charge in [0.2, 0.25) is 11.8 Å². The second kappa shape index (κ2) is 8.77. The van der Waals surface area contributed by atoms with Gasteiger partial charge in [-0.05, 0) is 50.2 Å². The minimum Gasteiger partial charge on any atom is -0.497 e. The zero-order valence-electron chi connectivity index (χ0n) is 16.7. The number of hydrogen-bond donors (Lipinski definition) is 1. The molecule has 1 saturated heterocycles. The van der Waals surface area contributed by atoms with Crippen LogP contribution in [0.4, 0.5) is 11.4 Å². The third-order valence-electron chi connectivity index (χ3n) is 4.59. The Bertz CT molecular complexity index is 908. The molecule has 1 atom stereocenters. The first kappa shape index (κ1) is 20.4. The molecule has 1 fully saturated rings. The highest BCUT2D eigenvalue weighted by Gasteiger charge is 2.35. The molecule has 1 heterocycles. The van der Waals surface area contributed by atoms with Crippen molar-refractivity contribution in [1.82, 2.24) is 0 Å². The summed E-state index contributed by atoms with van der Waals surface area (Å²) in [6.45, 7) is 3.87. The van der Waals surface area contributed by atoms with Gasteiger partial charge in [-0.25, -0.2) is 4.79 Å². The molecular weight excluding hydrogens is 372 g/mol. The Labute approximate surface area is 169 Å². The number of anilines is 2. The second-order valence-corrected chi connectivity index (χ2v) is 7.13. The van der Waals surface area contributed by atoms with E-state index in [1.165, 1.54) is 0 Å². The minimum absolute atomic E-state index is 0.106. The van der Waals surface area contributed by atoms with Gasteiger partial charge in [-0.15, -0.1) is 0 Å². The monoisotopic (exact) mass is 396 g/mol. The van der Waals surface area contributed by atoms with Crippen LogP contribution in [0, 0.1) is 5.92 Å². The SMILES string of the molecule is COc1cccc(N2C[C@H](C(=O)Nc3ccc(C(=O)OC(C)C)cc3)CC2=O)c1. The van der Waals surface area contributed by atoms with Crippen LogP contribution in [0.5, 0.6) is 5.75 Å². The largest absolute Gasteiger partial charge is 0.497 e. The number of carbonyl (C=O) groups excluding carboxylic acids is 3. The van der Waals surface area contributed by atoms with Gasteiger partial charge in [-0.1, -0.05) is 6.07 Å². The quantitative estimate of drug-likeness (QED) is 0.758. The maximum Gasteiger partial charge on any atom is 0.338 e. The summed E-state index contributed by atoms with van der Waals surface area (Å²) in [4.78, 5) is 38.5. The van der Waals surface area contributed by atoms with E-state index in [4.69, 9.17) is 9.47 Å². The molecule has 7 nitrogen and oxygen atoms in total. The lowest BCUT2D eigenvalue weighted by Gasteiger charge is -2.17. The van der Waals surface area contributed by atoms with Crippen LogP contribution >= 0.6 is 0 Å². The molecule has 1 aliphatic rings. The number of hydrogen-bond acceptors (Lipinski definition) is 5. The van der Waals surface area contributed by atoms with Crippen molar-refractivity contribution in [3.63, 3.8) is 0 Å². The number of benzene rings is 2. The fourth-order valence-electron chi connectivity index (χ4n) is 3.13. The number of esters is 1. The van der Waals surface area contributed by atoms with Crippen LogP contribution in [-0.4, -0.2) is 37.5 Å². The Hall–Kier alpha value is -3.35. The molecule has 0 aromatic heterocycles. The van der Waals surface area contributed by atoms with Crippen molar-refractivity contribution >= 4 is 29.2 Å². The fourth-order valence-corrected chi connectivity index (χ4v) is 3.13. The number of methoxy groups -OCH3 is 1. The van der Waals surface area contributed by atoms with Gasteiger partial charge in [0.1, 0.15) is 5.75 Å². The topological polar surface area (TPSA) is 84.9 Å². The highest BCUT2D eigenvalue weighted by Crippen LogP contribution is 2.28. The van der Waals surface area contributed by atoms with Crippen molar-refractivity contribution in [3.8, 4) is 5.75 Å². The molecule has 0 saturated carbocycles. The second-order valence-electron chi connectivity index (χ2n) is 7.13. The van der Waals surface area contributed by atoms with E-state index in [-0.39, 0.29) is 24.3 Å². The van der Waals surface area contributed by atoms with E-state index in [0.717, 1.165) is 0 Å². The molecule has 7 heteroatoms. The predicted molar refractivity (Wildman–Crippen MR) is 109 cm³/mol. The van der Waals surface area contributed by atoms with Crippen molar-refractivity contribution in [2.45, 2.75) is 26.4 Å². The van der Waals surface area contributed by atoms with Gasteiger partial charge in [-0.3, -0.25) is 9.59 Å². The van der Waals surface area contributed by atoms with E-state index in [2.05, 4.69) is 5.32 Å². The van der Waals surface area contributed by atoms with Crippen molar-refractivity contribution in [3.05, 3.63) is 54.1 Å². The Kier molecular flexibility index (Phi) is 6.16. The van der Waals surface area contributed by atoms with Gasteiger partial charge in [0.05, 0.1) is 24.7 Å². The molecule has 3 rings (SSSR count). The van der Waals surface area contributed by atoms with E-state index in [0.29, 0.717) is 29.2 Å². The number of ether oxygens (including phenoxy) is 2. The molecule has 2 amide bonds. The Balaban J connectivity index is 1.62. The summed E-state index contributed by atoms with van der Waals surface area (Å²) in [6.07, 6.45) is -0.0590. The van der Waals surface area contributed by atoms with E-state index in [1.807, 2.05) is 6.07 Å². The summed E-state index contributed by atoms with van der Waals surface area (Å²) in [5.74, 6) is -0.557. The molecule has 0 spiro atoms. The lowest BCUT2D eigenvalue weighted by atomic mass is 10.1. The maximum atomic E-state index is 12.6. The lowest BCUT2D eigenvalue weighted by molar-refractivity contribution is -0.122. The first-order chi connectivity index (χ1) is 13.9. The zero-order chi connectivity index (χ0) is 21.0. The van der Waals surface area contributed by atoms with Gasteiger partial charge in [0.15, 0.2) is 0 Å². The Morgan fingerprint density at radius 3 is 2.52 bits per heavy atom. The van der Waals surface area contributed by atoms with Gasteiger partial charge in [0.25, 0.3) is 0 Å². The van der Waals surface area contributed by atoms with Crippen molar-refractivity contribution in [1.29, 1.82) is 0 Å². The van der Waals surface area contributed by atoms with Gasteiger partial charge in [0, 0.05) is 30.4 Å². The summed E-state index contributed by atoms with van der Waals surface area (Å²) in [5, 5.41) is 2.81. The average Bonchev–Trinajstić information content (AvgIpc) is 3.10. The number of nitrogens with zero attached hydrogens (tertiary/aromatic N) is 1. The molecule has 0 bridgehead atoms. The van der Waals surface area contributed by atoms with E-state index in [1.54, 1.807) is 68.3 Å². The highest BCUT2D eigenvalue weighted by molar-refractivity contribution is 6.03. The van der Waals surface area contributed by atoms with Gasteiger partial charge in [-0.2, -0.15) is 0 Å². The summed E-state index contributed by atoms with van der Waals surface area (Å²) in [5.41, 5.74) is 1.68. The number of nitrogens with one attached hydrogen (secondary N) is 1. The molecule has 29 heavy (non-hydrogen) atoms. The highest BCUT2D eigenvalue weighted by atomic mass is 16.5. The molecule has 1 aliphatic heterocycles. The number of rotatable bonds is 6. The number of amides is 2. The van der Waals surface area contributed by atoms with Crippen LogP contribution in [0.1, 0.15) is 30.6 Å². The summed E-state index contributed by atoms with van der Waals surface area (Å²) >= 11 is 0. The lowest BCUT2D eigenvalue weighted by Crippen LogP contribution is -2.28. The van der Waals surface area contributed by atoms with Crippen LogP contribution in [0.25, 0.3) is 0 Å². The zero-order valence-corrected chi connectivity index (χ0v) is 16.7. The fraction of sp³-hybridized carbons (Fsp3) is 0.318. The molecular formula is C22H24N2O5. The molecule has 152 valence electrons. The normalized spacial score (nSPS) is 16.1. The molecule has 1 N–H and O–H groups in total. The van der Waals surface area contributed by atoms with Crippen LogP contribution in [0.3, 0.4) is 0 Å². The standard InChI is InChI=1S/C22H24N2O5/c1-14(2)29-22(27)15-7-9-17(10-8-15)23-21(26)16-11-20(25)24(13-16)18-5-4-6-19(12-18)28-3/h4-10,12,14,16H,11,13H2,1-3H3,(H,23,26)/t16-/m1/s1.